The highest BCUT2D eigenvalue weighted by atomic mass is 79.9. The molecule has 11 heteroatoms. The molecule has 2 aliphatic rings. The number of aromatic amines is 1. The zero-order valence-electron chi connectivity index (χ0n) is 13.8. The van der Waals surface area contributed by atoms with Gasteiger partial charge < -0.3 is 30.7 Å². The number of anilines is 1. The number of H-pyrrole nitrogens is 1. The van der Waals surface area contributed by atoms with Gasteiger partial charge in [-0.05, 0) is 37.9 Å². The van der Waals surface area contributed by atoms with Crippen LogP contribution in [0.1, 0.15) is 12.1 Å². The van der Waals surface area contributed by atoms with Crippen LogP contribution in [0.4, 0.5) is 5.95 Å². The number of aliphatic hydroxyl groups is 1. The summed E-state index contributed by atoms with van der Waals surface area (Å²) in [6.07, 6.45) is 2.89. The summed E-state index contributed by atoms with van der Waals surface area (Å²) in [7, 11) is 1.49. The number of methoxy groups -OCH3 is 1. The molecule has 0 saturated heterocycles. The van der Waals surface area contributed by atoms with Gasteiger partial charge in [-0.1, -0.05) is 5.16 Å². The summed E-state index contributed by atoms with van der Waals surface area (Å²) in [6, 6.07) is 0. The van der Waals surface area contributed by atoms with Crippen LogP contribution in [0, 0.1) is 0 Å². The molecule has 0 unspecified atom stereocenters. The second-order valence-electron chi connectivity index (χ2n) is 5.84. The van der Waals surface area contributed by atoms with Gasteiger partial charge in [0.2, 0.25) is 0 Å². The van der Waals surface area contributed by atoms with Crippen LogP contribution in [-0.2, 0) is 20.8 Å². The van der Waals surface area contributed by atoms with E-state index >= 15 is 0 Å². The van der Waals surface area contributed by atoms with E-state index in [0.717, 1.165) is 5.69 Å². The molecule has 1 aliphatic carbocycles. The quantitative estimate of drug-likeness (QED) is 0.487. The molecule has 0 radical (unpaired) electrons. The maximum absolute atomic E-state index is 12.3. The number of nitrogens with zero attached hydrogens (tertiary/aromatic N) is 2. The molecule has 2 heterocycles. The van der Waals surface area contributed by atoms with E-state index in [2.05, 4.69) is 52.3 Å². The third-order valence-corrected chi connectivity index (χ3v) is 5.45. The topological polar surface area (TPSA) is 135 Å². The lowest BCUT2D eigenvalue weighted by atomic mass is 9.87. The standard InChI is InChI=1S/C15H17Br2N5O4/c1-25-11-8(16)4-15(12(23)10(11)17)5-9(22-26-15)13(24)19-3-2-7-6-20-14(18)21-7/h4,6,12,23H,2-3,5H2,1H3,(H,19,24)(H3,18,20,21)/t12-,15-/m0/s1. The number of ether oxygens (including phenoxy) is 1. The lowest BCUT2D eigenvalue weighted by molar-refractivity contribution is -0.114. The van der Waals surface area contributed by atoms with E-state index in [9.17, 15) is 9.90 Å². The number of hydrogen-bond acceptors (Lipinski definition) is 7. The van der Waals surface area contributed by atoms with Crippen molar-refractivity contribution in [2.75, 3.05) is 19.4 Å². The molecule has 0 fully saturated rings. The lowest BCUT2D eigenvalue weighted by Crippen LogP contribution is -2.45. The Balaban J connectivity index is 1.61. The minimum atomic E-state index is -1.16. The third-order valence-electron chi connectivity index (χ3n) is 4.07. The molecule has 0 aromatic carbocycles. The Hall–Kier alpha value is -1.85. The number of carbonyl (C=O) groups excluding carboxylic acids is 1. The first kappa shape index (κ1) is 18.9. The molecular formula is C15H17Br2N5O4. The second kappa shape index (κ2) is 7.41. The molecule has 2 atom stereocenters. The first-order chi connectivity index (χ1) is 12.4. The van der Waals surface area contributed by atoms with Crippen molar-refractivity contribution < 1.29 is 19.5 Å². The van der Waals surface area contributed by atoms with Crippen molar-refractivity contribution in [2.45, 2.75) is 24.5 Å². The van der Waals surface area contributed by atoms with E-state index in [1.165, 1.54) is 7.11 Å². The predicted molar refractivity (Wildman–Crippen MR) is 102 cm³/mol. The number of carbonyl (C=O) groups is 1. The summed E-state index contributed by atoms with van der Waals surface area (Å²) in [5.74, 6) is 0.437. The third kappa shape index (κ3) is 3.51. The van der Waals surface area contributed by atoms with Crippen LogP contribution in [0.5, 0.6) is 0 Å². The van der Waals surface area contributed by atoms with Gasteiger partial charge in [0, 0.05) is 25.1 Å². The molecule has 1 amide bonds. The van der Waals surface area contributed by atoms with Crippen molar-refractivity contribution >= 4 is 49.4 Å². The van der Waals surface area contributed by atoms with E-state index in [0.29, 0.717) is 33.6 Å². The highest BCUT2D eigenvalue weighted by Crippen LogP contribution is 2.43. The number of imidazole rings is 1. The number of hydrogen-bond donors (Lipinski definition) is 4. The highest BCUT2D eigenvalue weighted by molar-refractivity contribution is 9.12. The van der Waals surface area contributed by atoms with Crippen LogP contribution >= 0.6 is 31.9 Å². The first-order valence-corrected chi connectivity index (χ1v) is 9.28. The van der Waals surface area contributed by atoms with Crippen LogP contribution in [0.3, 0.4) is 0 Å². The van der Waals surface area contributed by atoms with E-state index in [1.807, 2.05) is 0 Å². The molecule has 9 nitrogen and oxygen atoms in total. The molecule has 140 valence electrons. The minimum Gasteiger partial charge on any atom is -0.495 e. The molecule has 26 heavy (non-hydrogen) atoms. The van der Waals surface area contributed by atoms with E-state index in [4.69, 9.17) is 15.3 Å². The Morgan fingerprint density at radius 2 is 2.38 bits per heavy atom. The molecule has 1 aliphatic heterocycles. The van der Waals surface area contributed by atoms with Crippen molar-refractivity contribution in [3.05, 3.63) is 32.7 Å². The van der Waals surface area contributed by atoms with Gasteiger partial charge in [0.1, 0.15) is 17.6 Å². The lowest BCUT2D eigenvalue weighted by Gasteiger charge is -2.33. The van der Waals surface area contributed by atoms with Gasteiger partial charge in [0.25, 0.3) is 5.91 Å². The van der Waals surface area contributed by atoms with Crippen molar-refractivity contribution in [3.8, 4) is 0 Å². The molecule has 5 N–H and O–H groups in total. The Labute approximate surface area is 166 Å². The van der Waals surface area contributed by atoms with E-state index in [1.54, 1.807) is 12.3 Å². The molecule has 0 saturated carbocycles. The molecule has 0 bridgehead atoms. The van der Waals surface area contributed by atoms with Crippen molar-refractivity contribution in [1.82, 2.24) is 15.3 Å². The normalized spacial score (nSPS) is 25.0. The van der Waals surface area contributed by atoms with Crippen molar-refractivity contribution in [3.63, 3.8) is 0 Å². The maximum Gasteiger partial charge on any atom is 0.269 e. The molecule has 3 rings (SSSR count). The molecule has 1 aromatic heterocycles. The first-order valence-electron chi connectivity index (χ1n) is 7.69. The fraction of sp³-hybridized carbons (Fsp3) is 0.400. The summed E-state index contributed by atoms with van der Waals surface area (Å²) in [6.45, 7) is 0.381. The number of halogens is 2. The summed E-state index contributed by atoms with van der Waals surface area (Å²) < 4.78 is 6.25. The largest absolute Gasteiger partial charge is 0.495 e. The Bertz CT molecular complexity index is 819. The van der Waals surface area contributed by atoms with Crippen LogP contribution in [0.2, 0.25) is 0 Å². The van der Waals surface area contributed by atoms with E-state index in [-0.39, 0.29) is 18.0 Å². The van der Waals surface area contributed by atoms with Crippen LogP contribution in [0.25, 0.3) is 0 Å². The minimum absolute atomic E-state index is 0.123. The summed E-state index contributed by atoms with van der Waals surface area (Å²) in [4.78, 5) is 24.5. The summed E-state index contributed by atoms with van der Waals surface area (Å²) in [5.41, 5.74) is 5.36. The number of nitrogen functional groups attached to an aromatic ring is 1. The van der Waals surface area contributed by atoms with Crippen LogP contribution < -0.4 is 11.1 Å². The van der Waals surface area contributed by atoms with Gasteiger partial charge in [-0.25, -0.2) is 4.98 Å². The van der Waals surface area contributed by atoms with E-state index < -0.39 is 11.7 Å². The number of aromatic nitrogens is 2. The zero-order valence-corrected chi connectivity index (χ0v) is 16.9. The number of nitrogens with one attached hydrogen (secondary N) is 2. The van der Waals surface area contributed by atoms with Gasteiger partial charge in [-0.3, -0.25) is 4.79 Å². The maximum atomic E-state index is 12.3. The van der Waals surface area contributed by atoms with Gasteiger partial charge in [-0.15, -0.1) is 0 Å². The SMILES string of the molecule is COC1=C(Br)[C@H](O)[C@]2(C=C1Br)CC(C(=O)NCCc1cnc(N)[nH]1)=NO2. The van der Waals surface area contributed by atoms with Gasteiger partial charge in [0.05, 0.1) is 22.3 Å². The second-order valence-corrected chi connectivity index (χ2v) is 7.55. The Morgan fingerprint density at radius 1 is 1.62 bits per heavy atom. The number of allylic oxidation sites excluding steroid dienone is 1. The van der Waals surface area contributed by atoms with Crippen molar-refractivity contribution in [2.24, 2.45) is 5.16 Å². The number of aliphatic hydroxyl groups excluding tert-OH is 1. The number of nitrogens with two attached hydrogens (primary N) is 1. The fourth-order valence-electron chi connectivity index (χ4n) is 2.74. The number of rotatable bonds is 5. The van der Waals surface area contributed by atoms with Crippen LogP contribution in [0.15, 0.2) is 32.2 Å². The average molecular weight is 491 g/mol. The molecule has 1 spiro atoms. The Kier molecular flexibility index (Phi) is 5.39. The van der Waals surface area contributed by atoms with Crippen molar-refractivity contribution in [1.29, 1.82) is 0 Å². The monoisotopic (exact) mass is 489 g/mol. The van der Waals surface area contributed by atoms with Gasteiger partial charge in [-0.2, -0.15) is 0 Å². The number of oxime groups is 1. The molecular weight excluding hydrogens is 474 g/mol. The summed E-state index contributed by atoms with van der Waals surface area (Å²) >= 11 is 6.70. The molecule has 1 aromatic rings. The summed E-state index contributed by atoms with van der Waals surface area (Å²) in [5, 5.41) is 17.2. The Morgan fingerprint density at radius 3 is 3.04 bits per heavy atom. The van der Waals surface area contributed by atoms with Gasteiger partial charge in [0.15, 0.2) is 11.5 Å². The predicted octanol–water partition coefficient (Wildman–Crippen LogP) is 1.07. The highest BCUT2D eigenvalue weighted by Gasteiger charge is 2.50. The average Bonchev–Trinajstić information content (AvgIpc) is 3.21. The van der Waals surface area contributed by atoms with Gasteiger partial charge >= 0.3 is 0 Å². The smallest absolute Gasteiger partial charge is 0.269 e. The number of amides is 1. The van der Waals surface area contributed by atoms with Crippen LogP contribution in [-0.4, -0.2) is 52.1 Å². The zero-order chi connectivity index (χ0) is 18.9. The fourth-order valence-corrected chi connectivity index (χ4v) is 4.53.